The first-order valence-electron chi connectivity index (χ1n) is 10.2. The second-order valence-electron chi connectivity index (χ2n) is 7.03. The van der Waals surface area contributed by atoms with Crippen LogP contribution in [0.25, 0.3) is 0 Å². The van der Waals surface area contributed by atoms with Gasteiger partial charge in [-0.3, -0.25) is 9.59 Å². The number of para-hydroxylation sites is 2. The molecule has 2 N–H and O–H groups in total. The molecule has 4 rings (SSSR count). The summed E-state index contributed by atoms with van der Waals surface area (Å²) in [6.45, 7) is 0. The van der Waals surface area contributed by atoms with Crippen LogP contribution in [-0.4, -0.2) is 11.8 Å². The van der Waals surface area contributed by atoms with Crippen molar-refractivity contribution in [2.24, 2.45) is 0 Å². The van der Waals surface area contributed by atoms with E-state index in [1.54, 1.807) is 60.7 Å². The van der Waals surface area contributed by atoms with Crippen molar-refractivity contribution in [1.29, 1.82) is 5.26 Å². The Hall–Kier alpha value is -4.34. The summed E-state index contributed by atoms with van der Waals surface area (Å²) in [5, 5.41) is 15.1. The summed E-state index contributed by atoms with van der Waals surface area (Å²) in [7, 11) is 0. The Kier molecular flexibility index (Phi) is 6.84. The number of benzene rings is 4. The zero-order valence-electron chi connectivity index (χ0n) is 17.5. The molecule has 2 amide bonds. The number of anilines is 2. The molecule has 0 saturated carbocycles. The smallest absolute Gasteiger partial charge is 0.257 e. The molecule has 0 spiro atoms. The van der Waals surface area contributed by atoms with Crippen molar-refractivity contribution < 1.29 is 9.59 Å². The van der Waals surface area contributed by atoms with E-state index in [4.69, 9.17) is 0 Å². The molecule has 0 aliphatic rings. The van der Waals surface area contributed by atoms with Gasteiger partial charge in [0.2, 0.25) is 0 Å². The van der Waals surface area contributed by atoms with Crippen LogP contribution in [0.2, 0.25) is 0 Å². The SMILES string of the molecule is N#Cc1ccccc1Sc1ccccc1C(=O)Nc1ccccc1C(=O)Nc1ccccc1. The molecule has 0 radical (unpaired) electrons. The summed E-state index contributed by atoms with van der Waals surface area (Å²) >= 11 is 1.35. The first-order valence-corrected chi connectivity index (χ1v) is 11.0. The fourth-order valence-electron chi connectivity index (χ4n) is 3.21. The third kappa shape index (κ3) is 5.29. The van der Waals surface area contributed by atoms with E-state index in [2.05, 4.69) is 16.7 Å². The number of nitrogens with one attached hydrogen (secondary N) is 2. The molecule has 0 bridgehead atoms. The molecule has 33 heavy (non-hydrogen) atoms. The number of carbonyl (C=O) groups excluding carboxylic acids is 2. The van der Waals surface area contributed by atoms with Crippen LogP contribution in [0, 0.1) is 11.3 Å². The zero-order chi connectivity index (χ0) is 23.0. The molecule has 0 saturated heterocycles. The molecule has 4 aromatic carbocycles. The van der Waals surface area contributed by atoms with Gasteiger partial charge in [-0.15, -0.1) is 0 Å². The number of amides is 2. The van der Waals surface area contributed by atoms with E-state index in [9.17, 15) is 14.9 Å². The summed E-state index contributed by atoms with van der Waals surface area (Å²) < 4.78 is 0. The number of carbonyl (C=O) groups is 2. The topological polar surface area (TPSA) is 82.0 Å². The monoisotopic (exact) mass is 449 g/mol. The summed E-state index contributed by atoms with van der Waals surface area (Å²) in [6, 6.07) is 32.6. The van der Waals surface area contributed by atoms with Gasteiger partial charge in [-0.25, -0.2) is 0 Å². The third-order valence-corrected chi connectivity index (χ3v) is 5.96. The van der Waals surface area contributed by atoms with Gasteiger partial charge in [0.25, 0.3) is 11.8 Å². The Labute approximate surface area is 196 Å². The normalized spacial score (nSPS) is 10.2. The van der Waals surface area contributed by atoms with Crippen molar-refractivity contribution in [2.45, 2.75) is 9.79 Å². The van der Waals surface area contributed by atoms with Gasteiger partial charge < -0.3 is 10.6 Å². The second-order valence-corrected chi connectivity index (χ2v) is 8.11. The average Bonchev–Trinajstić information content (AvgIpc) is 2.85. The van der Waals surface area contributed by atoms with Crippen LogP contribution < -0.4 is 10.6 Å². The summed E-state index contributed by atoms with van der Waals surface area (Å²) in [6.07, 6.45) is 0. The third-order valence-electron chi connectivity index (χ3n) is 4.81. The highest BCUT2D eigenvalue weighted by Gasteiger charge is 2.17. The van der Waals surface area contributed by atoms with Crippen LogP contribution in [0.5, 0.6) is 0 Å². The van der Waals surface area contributed by atoms with Gasteiger partial charge >= 0.3 is 0 Å². The molecule has 0 aliphatic carbocycles. The van der Waals surface area contributed by atoms with Crippen LogP contribution in [0.1, 0.15) is 26.3 Å². The standard InChI is InChI=1S/C27H19N3O2S/c28-18-19-10-4-8-16-24(19)33-25-17-9-6-14-22(25)27(32)30-23-15-7-5-13-21(23)26(31)29-20-11-2-1-3-12-20/h1-17H,(H,29,31)(H,30,32). The van der Waals surface area contributed by atoms with E-state index in [0.29, 0.717) is 33.0 Å². The Bertz CT molecular complexity index is 1350. The highest BCUT2D eigenvalue weighted by molar-refractivity contribution is 7.99. The molecule has 0 fully saturated rings. The van der Waals surface area contributed by atoms with Crippen molar-refractivity contribution >= 4 is 35.0 Å². The minimum atomic E-state index is -0.340. The maximum absolute atomic E-state index is 13.2. The average molecular weight is 450 g/mol. The minimum Gasteiger partial charge on any atom is -0.322 e. The van der Waals surface area contributed by atoms with Crippen LogP contribution in [0.4, 0.5) is 11.4 Å². The number of rotatable bonds is 6. The van der Waals surface area contributed by atoms with Gasteiger partial charge in [-0.2, -0.15) is 5.26 Å². The predicted octanol–water partition coefficient (Wildman–Crippen LogP) is 6.21. The predicted molar refractivity (Wildman–Crippen MR) is 131 cm³/mol. The number of hydrogen-bond donors (Lipinski definition) is 2. The molecule has 0 unspecified atom stereocenters. The van der Waals surface area contributed by atoms with Crippen LogP contribution in [0.3, 0.4) is 0 Å². The molecule has 160 valence electrons. The van der Waals surface area contributed by atoms with E-state index < -0.39 is 0 Å². The highest BCUT2D eigenvalue weighted by Crippen LogP contribution is 2.33. The van der Waals surface area contributed by atoms with E-state index in [0.717, 1.165) is 4.90 Å². The Morgan fingerprint density at radius 3 is 1.97 bits per heavy atom. The lowest BCUT2D eigenvalue weighted by atomic mass is 10.1. The number of hydrogen-bond acceptors (Lipinski definition) is 4. The quantitative estimate of drug-likeness (QED) is 0.366. The first kappa shape index (κ1) is 21.9. The van der Waals surface area contributed by atoms with Crippen molar-refractivity contribution in [3.63, 3.8) is 0 Å². The lowest BCUT2D eigenvalue weighted by molar-refractivity contribution is 0.102. The molecule has 0 aromatic heterocycles. The minimum absolute atomic E-state index is 0.317. The maximum atomic E-state index is 13.2. The molecule has 6 heteroatoms. The summed E-state index contributed by atoms with van der Waals surface area (Å²) in [5.74, 6) is -0.657. The van der Waals surface area contributed by atoms with Crippen molar-refractivity contribution in [2.75, 3.05) is 10.6 Å². The Morgan fingerprint density at radius 2 is 1.21 bits per heavy atom. The van der Waals surface area contributed by atoms with Crippen molar-refractivity contribution in [3.05, 3.63) is 120 Å². The second kappa shape index (κ2) is 10.3. The van der Waals surface area contributed by atoms with Crippen LogP contribution in [-0.2, 0) is 0 Å². The fourth-order valence-corrected chi connectivity index (χ4v) is 4.23. The molecule has 0 aliphatic heterocycles. The first-order chi connectivity index (χ1) is 16.2. The highest BCUT2D eigenvalue weighted by atomic mass is 32.2. The van der Waals surface area contributed by atoms with Crippen LogP contribution in [0.15, 0.2) is 113 Å². The van der Waals surface area contributed by atoms with Crippen molar-refractivity contribution in [3.8, 4) is 6.07 Å². The van der Waals surface area contributed by atoms with Crippen LogP contribution >= 0.6 is 11.8 Å². The largest absolute Gasteiger partial charge is 0.322 e. The molecular formula is C27H19N3O2S. The van der Waals surface area contributed by atoms with Crippen molar-refractivity contribution in [1.82, 2.24) is 0 Å². The number of nitrogens with zero attached hydrogens (tertiary/aromatic N) is 1. The molecule has 0 heterocycles. The molecule has 4 aromatic rings. The van der Waals surface area contributed by atoms with Gasteiger partial charge in [-0.1, -0.05) is 66.4 Å². The van der Waals surface area contributed by atoms with Gasteiger partial charge in [0.1, 0.15) is 6.07 Å². The molecule has 5 nitrogen and oxygen atoms in total. The lowest BCUT2D eigenvalue weighted by Gasteiger charge is -2.13. The summed E-state index contributed by atoms with van der Waals surface area (Å²) in [4.78, 5) is 27.5. The maximum Gasteiger partial charge on any atom is 0.257 e. The zero-order valence-corrected chi connectivity index (χ0v) is 18.3. The fraction of sp³-hybridized carbons (Fsp3) is 0. The summed E-state index contributed by atoms with van der Waals surface area (Å²) in [5.41, 5.74) is 2.43. The van der Waals surface area contributed by atoms with Gasteiger partial charge in [0.15, 0.2) is 0 Å². The van der Waals surface area contributed by atoms with E-state index in [-0.39, 0.29) is 11.8 Å². The number of nitriles is 1. The van der Waals surface area contributed by atoms with E-state index >= 15 is 0 Å². The molecular weight excluding hydrogens is 430 g/mol. The Balaban J connectivity index is 1.58. The van der Waals surface area contributed by atoms with E-state index in [1.165, 1.54) is 11.8 Å². The van der Waals surface area contributed by atoms with Gasteiger partial charge in [0, 0.05) is 15.5 Å². The Morgan fingerprint density at radius 1 is 0.636 bits per heavy atom. The molecule has 0 atom stereocenters. The lowest BCUT2D eigenvalue weighted by Crippen LogP contribution is -2.18. The van der Waals surface area contributed by atoms with Gasteiger partial charge in [0.05, 0.1) is 22.4 Å². The van der Waals surface area contributed by atoms with E-state index in [1.807, 2.05) is 42.5 Å². The van der Waals surface area contributed by atoms with Gasteiger partial charge in [-0.05, 0) is 48.5 Å².